The number of halogens is 2. The van der Waals surface area contributed by atoms with Gasteiger partial charge in [-0.05, 0) is 19.1 Å². The van der Waals surface area contributed by atoms with Crippen LogP contribution in [0.15, 0.2) is 41.0 Å². The van der Waals surface area contributed by atoms with Crippen molar-refractivity contribution in [1.29, 1.82) is 0 Å². The van der Waals surface area contributed by atoms with E-state index in [-0.39, 0.29) is 0 Å². The Labute approximate surface area is 126 Å². The van der Waals surface area contributed by atoms with Crippen LogP contribution in [0, 0.1) is 0 Å². The standard InChI is InChI=1S/C13H13Cl2N3S/c1-3-18-12(10-5-4-6-11(15)7-10)16-17-13(18)19-8-9(2)14/h4-7H,2-3,8H2,1H3. The Morgan fingerprint density at radius 1 is 1.42 bits per heavy atom. The van der Waals surface area contributed by atoms with Crippen LogP contribution >= 0.6 is 35.0 Å². The summed E-state index contributed by atoms with van der Waals surface area (Å²) in [7, 11) is 0. The average molecular weight is 314 g/mol. The van der Waals surface area contributed by atoms with Crippen LogP contribution in [0.25, 0.3) is 11.4 Å². The average Bonchev–Trinajstić information content (AvgIpc) is 2.79. The lowest BCUT2D eigenvalue weighted by atomic mass is 10.2. The number of hydrogen-bond acceptors (Lipinski definition) is 3. The zero-order valence-electron chi connectivity index (χ0n) is 10.4. The van der Waals surface area contributed by atoms with Crippen molar-refractivity contribution in [3.63, 3.8) is 0 Å². The molecule has 0 aliphatic rings. The van der Waals surface area contributed by atoms with E-state index < -0.39 is 0 Å². The van der Waals surface area contributed by atoms with E-state index in [0.29, 0.717) is 15.8 Å². The number of rotatable bonds is 5. The van der Waals surface area contributed by atoms with Crippen molar-refractivity contribution in [2.75, 3.05) is 5.75 Å². The van der Waals surface area contributed by atoms with Gasteiger partial charge in [0.05, 0.1) is 0 Å². The quantitative estimate of drug-likeness (QED) is 0.763. The van der Waals surface area contributed by atoms with Crippen LogP contribution in [0.1, 0.15) is 6.92 Å². The van der Waals surface area contributed by atoms with Gasteiger partial charge in [0.15, 0.2) is 11.0 Å². The van der Waals surface area contributed by atoms with Crippen LogP contribution in [0.5, 0.6) is 0 Å². The predicted octanol–water partition coefficient (Wildman–Crippen LogP) is 4.46. The SMILES string of the molecule is C=C(Cl)CSc1nnc(-c2cccc(Cl)c2)n1CC. The summed E-state index contributed by atoms with van der Waals surface area (Å²) in [4.78, 5) is 0. The highest BCUT2D eigenvalue weighted by Crippen LogP contribution is 2.26. The molecular formula is C13H13Cl2N3S. The third-order valence-corrected chi connectivity index (χ3v) is 4.05. The molecule has 0 amide bonds. The maximum atomic E-state index is 6.01. The van der Waals surface area contributed by atoms with Crippen molar-refractivity contribution < 1.29 is 0 Å². The lowest BCUT2D eigenvalue weighted by molar-refractivity contribution is 0.688. The summed E-state index contributed by atoms with van der Waals surface area (Å²) >= 11 is 13.3. The first kappa shape index (κ1) is 14.4. The second kappa shape index (κ2) is 6.46. The molecule has 19 heavy (non-hydrogen) atoms. The smallest absolute Gasteiger partial charge is 0.191 e. The van der Waals surface area contributed by atoms with Crippen molar-refractivity contribution >= 4 is 35.0 Å². The zero-order valence-corrected chi connectivity index (χ0v) is 12.8. The van der Waals surface area contributed by atoms with E-state index in [2.05, 4.69) is 23.7 Å². The van der Waals surface area contributed by atoms with Crippen molar-refractivity contribution in [3.05, 3.63) is 40.9 Å². The Hall–Kier alpha value is -0.970. The van der Waals surface area contributed by atoms with E-state index in [1.54, 1.807) is 0 Å². The first-order chi connectivity index (χ1) is 9.11. The molecule has 0 atom stereocenters. The number of thioether (sulfide) groups is 1. The van der Waals surface area contributed by atoms with Gasteiger partial charge in [0.2, 0.25) is 0 Å². The summed E-state index contributed by atoms with van der Waals surface area (Å²) < 4.78 is 2.04. The minimum absolute atomic E-state index is 0.597. The molecule has 0 radical (unpaired) electrons. The highest BCUT2D eigenvalue weighted by atomic mass is 35.5. The lowest BCUT2D eigenvalue weighted by Crippen LogP contribution is -2.00. The molecule has 0 aliphatic heterocycles. The van der Waals surface area contributed by atoms with Gasteiger partial charge >= 0.3 is 0 Å². The molecule has 0 aliphatic carbocycles. The van der Waals surface area contributed by atoms with Gasteiger partial charge in [-0.3, -0.25) is 0 Å². The van der Waals surface area contributed by atoms with Crippen molar-refractivity contribution in [2.24, 2.45) is 0 Å². The van der Waals surface area contributed by atoms with Gasteiger partial charge in [-0.1, -0.05) is 53.7 Å². The largest absolute Gasteiger partial charge is 0.302 e. The van der Waals surface area contributed by atoms with Crippen molar-refractivity contribution in [3.8, 4) is 11.4 Å². The molecule has 2 aromatic rings. The number of hydrogen-bond donors (Lipinski definition) is 0. The van der Waals surface area contributed by atoms with Crippen LogP contribution < -0.4 is 0 Å². The number of nitrogens with zero attached hydrogens (tertiary/aromatic N) is 3. The highest BCUT2D eigenvalue weighted by molar-refractivity contribution is 7.99. The van der Waals surface area contributed by atoms with E-state index in [1.165, 1.54) is 11.8 Å². The Balaban J connectivity index is 2.34. The van der Waals surface area contributed by atoms with E-state index in [4.69, 9.17) is 23.2 Å². The molecule has 0 bridgehead atoms. The molecule has 0 fully saturated rings. The van der Waals surface area contributed by atoms with Crippen LogP contribution in [0.4, 0.5) is 0 Å². The summed E-state index contributed by atoms with van der Waals surface area (Å²) in [5.74, 6) is 1.43. The van der Waals surface area contributed by atoms with Crippen LogP contribution in [0.3, 0.4) is 0 Å². The Bertz CT molecular complexity index is 595. The summed E-state index contributed by atoms with van der Waals surface area (Å²) in [5, 5.41) is 10.6. The Kier molecular flexibility index (Phi) is 4.91. The Morgan fingerprint density at radius 2 is 2.21 bits per heavy atom. The molecule has 1 aromatic heterocycles. The first-order valence-electron chi connectivity index (χ1n) is 5.77. The van der Waals surface area contributed by atoms with Crippen LogP contribution in [-0.4, -0.2) is 20.5 Å². The normalized spacial score (nSPS) is 10.7. The topological polar surface area (TPSA) is 30.7 Å². The molecule has 0 saturated heterocycles. The van der Waals surface area contributed by atoms with Gasteiger partial charge in [0, 0.05) is 27.9 Å². The van der Waals surface area contributed by atoms with Gasteiger partial charge in [0.25, 0.3) is 0 Å². The first-order valence-corrected chi connectivity index (χ1v) is 7.51. The molecule has 0 spiro atoms. The van der Waals surface area contributed by atoms with E-state index >= 15 is 0 Å². The van der Waals surface area contributed by atoms with Crippen molar-refractivity contribution in [1.82, 2.24) is 14.8 Å². The third kappa shape index (κ3) is 3.53. The lowest BCUT2D eigenvalue weighted by Gasteiger charge is -2.07. The molecular weight excluding hydrogens is 301 g/mol. The van der Waals surface area contributed by atoms with Gasteiger partial charge in [-0.15, -0.1) is 10.2 Å². The second-order valence-electron chi connectivity index (χ2n) is 3.87. The Morgan fingerprint density at radius 3 is 2.84 bits per heavy atom. The van der Waals surface area contributed by atoms with Gasteiger partial charge in [-0.25, -0.2) is 0 Å². The molecule has 2 rings (SSSR count). The number of aromatic nitrogens is 3. The van der Waals surface area contributed by atoms with E-state index in [9.17, 15) is 0 Å². The van der Waals surface area contributed by atoms with Gasteiger partial charge < -0.3 is 4.57 Å². The zero-order chi connectivity index (χ0) is 13.8. The summed E-state index contributed by atoms with van der Waals surface area (Å²) in [6.45, 7) is 6.51. The number of benzene rings is 1. The molecule has 0 N–H and O–H groups in total. The van der Waals surface area contributed by atoms with Gasteiger partial charge in [-0.2, -0.15) is 0 Å². The molecule has 1 heterocycles. The molecule has 0 unspecified atom stereocenters. The summed E-state index contributed by atoms with van der Waals surface area (Å²) in [5.41, 5.74) is 0.957. The fourth-order valence-electron chi connectivity index (χ4n) is 1.66. The predicted molar refractivity (Wildman–Crippen MR) is 81.9 cm³/mol. The minimum atomic E-state index is 0.597. The molecule has 3 nitrogen and oxygen atoms in total. The fraction of sp³-hybridized carbons (Fsp3) is 0.231. The van der Waals surface area contributed by atoms with Crippen molar-refractivity contribution in [2.45, 2.75) is 18.6 Å². The van der Waals surface area contributed by atoms with E-state index in [1.807, 2.05) is 28.8 Å². The monoisotopic (exact) mass is 313 g/mol. The molecule has 0 saturated carbocycles. The second-order valence-corrected chi connectivity index (χ2v) is 5.78. The van der Waals surface area contributed by atoms with Crippen LogP contribution in [0.2, 0.25) is 5.02 Å². The maximum Gasteiger partial charge on any atom is 0.191 e. The molecule has 6 heteroatoms. The van der Waals surface area contributed by atoms with E-state index in [0.717, 1.165) is 23.1 Å². The van der Waals surface area contributed by atoms with Gasteiger partial charge in [0.1, 0.15) is 0 Å². The maximum absolute atomic E-state index is 6.01. The molecule has 100 valence electrons. The molecule has 1 aromatic carbocycles. The minimum Gasteiger partial charge on any atom is -0.302 e. The van der Waals surface area contributed by atoms with Crippen LogP contribution in [-0.2, 0) is 6.54 Å². The fourth-order valence-corrected chi connectivity index (χ4v) is 2.77. The third-order valence-electron chi connectivity index (χ3n) is 2.47. The summed E-state index contributed by atoms with van der Waals surface area (Å²) in [6.07, 6.45) is 0. The highest BCUT2D eigenvalue weighted by Gasteiger charge is 2.13. The summed E-state index contributed by atoms with van der Waals surface area (Å²) in [6, 6.07) is 7.59.